The summed E-state index contributed by atoms with van der Waals surface area (Å²) in [6.07, 6.45) is 1.71. The zero-order valence-electron chi connectivity index (χ0n) is 12.0. The number of hydrogen-bond acceptors (Lipinski definition) is 3. The van der Waals surface area contributed by atoms with E-state index < -0.39 is 0 Å². The van der Waals surface area contributed by atoms with Crippen molar-refractivity contribution in [2.45, 2.75) is 0 Å². The fourth-order valence-corrected chi connectivity index (χ4v) is 2.26. The Labute approximate surface area is 137 Å². The molecule has 22 heavy (non-hydrogen) atoms. The molecule has 0 atom stereocenters. The molecule has 0 fully saturated rings. The van der Waals surface area contributed by atoms with Crippen molar-refractivity contribution in [2.75, 3.05) is 7.11 Å². The third-order valence-electron chi connectivity index (χ3n) is 3.17. The van der Waals surface area contributed by atoms with E-state index in [-0.39, 0.29) is 0 Å². The van der Waals surface area contributed by atoms with Crippen LogP contribution in [0.5, 0.6) is 5.75 Å². The Balaban J connectivity index is 1.75. The molecular formula is C18H14BrNO2. The van der Waals surface area contributed by atoms with Gasteiger partial charge in [0.25, 0.3) is 0 Å². The van der Waals surface area contributed by atoms with Crippen molar-refractivity contribution < 1.29 is 9.15 Å². The molecule has 0 N–H and O–H groups in total. The van der Waals surface area contributed by atoms with E-state index >= 15 is 0 Å². The van der Waals surface area contributed by atoms with Crippen LogP contribution in [0.15, 0.2) is 74.5 Å². The Morgan fingerprint density at radius 1 is 0.955 bits per heavy atom. The third kappa shape index (κ3) is 3.46. The van der Waals surface area contributed by atoms with Gasteiger partial charge in [-0.05, 0) is 48.5 Å². The molecule has 0 aliphatic heterocycles. The fraction of sp³-hybridized carbons (Fsp3) is 0.0556. The second-order valence-corrected chi connectivity index (χ2v) is 5.58. The lowest BCUT2D eigenvalue weighted by Crippen LogP contribution is -1.80. The maximum Gasteiger partial charge on any atom is 0.145 e. The van der Waals surface area contributed by atoms with Crippen molar-refractivity contribution in [3.63, 3.8) is 0 Å². The summed E-state index contributed by atoms with van der Waals surface area (Å²) < 4.78 is 12.0. The molecule has 0 unspecified atom stereocenters. The van der Waals surface area contributed by atoms with E-state index in [0.717, 1.165) is 27.2 Å². The van der Waals surface area contributed by atoms with Gasteiger partial charge in [-0.15, -0.1) is 0 Å². The van der Waals surface area contributed by atoms with E-state index in [1.807, 2.05) is 60.7 Å². The third-order valence-corrected chi connectivity index (χ3v) is 3.70. The van der Waals surface area contributed by atoms with Gasteiger partial charge >= 0.3 is 0 Å². The largest absolute Gasteiger partial charge is 0.497 e. The van der Waals surface area contributed by atoms with Gasteiger partial charge in [-0.1, -0.05) is 28.1 Å². The Bertz CT molecular complexity index is 774. The van der Waals surface area contributed by atoms with E-state index in [1.54, 1.807) is 13.3 Å². The van der Waals surface area contributed by atoms with Crippen LogP contribution in [-0.2, 0) is 0 Å². The van der Waals surface area contributed by atoms with Gasteiger partial charge in [0.15, 0.2) is 0 Å². The van der Waals surface area contributed by atoms with Gasteiger partial charge in [0.05, 0.1) is 19.0 Å². The Hall–Kier alpha value is -2.33. The van der Waals surface area contributed by atoms with Crippen LogP contribution in [0.25, 0.3) is 11.3 Å². The molecule has 3 rings (SSSR count). The molecule has 0 spiro atoms. The number of hydrogen-bond donors (Lipinski definition) is 0. The van der Waals surface area contributed by atoms with Crippen LogP contribution in [-0.4, -0.2) is 13.3 Å². The summed E-state index contributed by atoms with van der Waals surface area (Å²) in [5.74, 6) is 2.35. The van der Waals surface area contributed by atoms with Crippen molar-refractivity contribution in [3.05, 3.63) is 70.9 Å². The fourth-order valence-electron chi connectivity index (χ4n) is 2.00. The lowest BCUT2D eigenvalue weighted by molar-refractivity contribution is 0.415. The first-order valence-corrected chi connectivity index (χ1v) is 7.58. The summed E-state index contributed by atoms with van der Waals surface area (Å²) in [5.41, 5.74) is 1.88. The van der Waals surface area contributed by atoms with E-state index in [4.69, 9.17) is 9.15 Å². The Kier molecular flexibility index (Phi) is 4.39. The highest BCUT2D eigenvalue weighted by atomic mass is 79.9. The minimum Gasteiger partial charge on any atom is -0.497 e. The summed E-state index contributed by atoms with van der Waals surface area (Å²) in [7, 11) is 1.64. The molecule has 0 radical (unpaired) electrons. The zero-order chi connectivity index (χ0) is 15.4. The first kappa shape index (κ1) is 14.6. The van der Waals surface area contributed by atoms with Crippen LogP contribution in [0.2, 0.25) is 0 Å². The molecular weight excluding hydrogens is 342 g/mol. The van der Waals surface area contributed by atoms with Crippen LogP contribution >= 0.6 is 15.9 Å². The number of benzene rings is 2. The normalized spacial score (nSPS) is 11.0. The highest BCUT2D eigenvalue weighted by Gasteiger charge is 2.03. The summed E-state index contributed by atoms with van der Waals surface area (Å²) in [4.78, 5) is 4.39. The van der Waals surface area contributed by atoms with Crippen LogP contribution < -0.4 is 4.74 Å². The molecule has 0 aliphatic rings. The number of aliphatic imine (C=N–C) groups is 1. The molecule has 0 amide bonds. The summed E-state index contributed by atoms with van der Waals surface area (Å²) >= 11 is 3.42. The van der Waals surface area contributed by atoms with Crippen molar-refractivity contribution in [1.29, 1.82) is 0 Å². The minimum absolute atomic E-state index is 0.716. The second kappa shape index (κ2) is 6.62. The number of methoxy groups -OCH3 is 1. The summed E-state index contributed by atoms with van der Waals surface area (Å²) in [6.45, 7) is 0. The van der Waals surface area contributed by atoms with Gasteiger partial charge in [-0.25, -0.2) is 0 Å². The SMILES string of the molecule is COc1ccc(N=Cc2ccc(-c3ccc(Br)cc3)o2)cc1. The van der Waals surface area contributed by atoms with Gasteiger partial charge in [-0.2, -0.15) is 0 Å². The smallest absolute Gasteiger partial charge is 0.145 e. The van der Waals surface area contributed by atoms with Gasteiger partial charge in [0.1, 0.15) is 17.3 Å². The lowest BCUT2D eigenvalue weighted by atomic mass is 10.2. The number of nitrogens with zero attached hydrogens (tertiary/aromatic N) is 1. The number of halogens is 1. The highest BCUT2D eigenvalue weighted by Crippen LogP contribution is 2.24. The van der Waals surface area contributed by atoms with Crippen molar-refractivity contribution in [1.82, 2.24) is 0 Å². The predicted octanol–water partition coefficient (Wildman–Crippen LogP) is 5.47. The standard InChI is InChI=1S/C18H14BrNO2/c1-21-16-8-6-15(7-9-16)20-12-17-10-11-18(22-17)13-2-4-14(19)5-3-13/h2-12H,1H3. The van der Waals surface area contributed by atoms with Gasteiger partial charge < -0.3 is 9.15 Å². The highest BCUT2D eigenvalue weighted by molar-refractivity contribution is 9.10. The Morgan fingerprint density at radius 3 is 2.36 bits per heavy atom. The molecule has 1 aromatic heterocycles. The number of furan rings is 1. The molecule has 0 saturated carbocycles. The summed E-state index contributed by atoms with van der Waals surface area (Å²) in [5, 5.41) is 0. The monoisotopic (exact) mass is 355 g/mol. The van der Waals surface area contributed by atoms with Gasteiger partial charge in [0.2, 0.25) is 0 Å². The lowest BCUT2D eigenvalue weighted by Gasteiger charge is -1.98. The molecule has 3 nitrogen and oxygen atoms in total. The molecule has 0 bridgehead atoms. The van der Waals surface area contributed by atoms with E-state index in [9.17, 15) is 0 Å². The average molecular weight is 356 g/mol. The average Bonchev–Trinajstić information content (AvgIpc) is 3.03. The van der Waals surface area contributed by atoms with Gasteiger partial charge in [0, 0.05) is 10.0 Å². The van der Waals surface area contributed by atoms with Crippen molar-refractivity contribution in [2.24, 2.45) is 4.99 Å². The Morgan fingerprint density at radius 2 is 1.68 bits per heavy atom. The minimum atomic E-state index is 0.716. The second-order valence-electron chi connectivity index (χ2n) is 4.67. The van der Waals surface area contributed by atoms with Crippen LogP contribution in [0.1, 0.15) is 5.76 Å². The van der Waals surface area contributed by atoms with Crippen LogP contribution in [0, 0.1) is 0 Å². The summed E-state index contributed by atoms with van der Waals surface area (Å²) in [6, 6.07) is 19.4. The van der Waals surface area contributed by atoms with E-state index in [2.05, 4.69) is 20.9 Å². The molecule has 2 aromatic carbocycles. The topological polar surface area (TPSA) is 34.7 Å². The first-order chi connectivity index (χ1) is 10.7. The number of rotatable bonds is 4. The van der Waals surface area contributed by atoms with Gasteiger partial charge in [-0.3, -0.25) is 4.99 Å². The van der Waals surface area contributed by atoms with E-state index in [0.29, 0.717) is 5.76 Å². The predicted molar refractivity (Wildman–Crippen MR) is 92.1 cm³/mol. The van der Waals surface area contributed by atoms with Crippen molar-refractivity contribution in [3.8, 4) is 17.1 Å². The molecule has 0 saturated heterocycles. The molecule has 3 aromatic rings. The molecule has 1 heterocycles. The van der Waals surface area contributed by atoms with E-state index in [1.165, 1.54) is 0 Å². The maximum absolute atomic E-state index is 5.79. The maximum atomic E-state index is 5.79. The molecule has 110 valence electrons. The van der Waals surface area contributed by atoms with Crippen molar-refractivity contribution >= 4 is 27.8 Å². The van der Waals surface area contributed by atoms with Crippen LogP contribution in [0.3, 0.4) is 0 Å². The first-order valence-electron chi connectivity index (χ1n) is 6.78. The quantitative estimate of drug-likeness (QED) is 0.581. The molecule has 4 heteroatoms. The number of ether oxygens (including phenoxy) is 1. The van der Waals surface area contributed by atoms with Crippen LogP contribution in [0.4, 0.5) is 5.69 Å². The zero-order valence-corrected chi connectivity index (χ0v) is 13.6. The molecule has 0 aliphatic carbocycles.